The normalized spacial score (nSPS) is 11.2. The van der Waals surface area contributed by atoms with Gasteiger partial charge in [-0.1, -0.05) is 29.8 Å². The number of nitriles is 1. The van der Waals surface area contributed by atoms with Crippen LogP contribution in [-0.2, 0) is 0 Å². The second-order valence-electron chi connectivity index (χ2n) is 5.27. The topological polar surface area (TPSA) is 80.1 Å². The number of benzene rings is 2. The Bertz CT molecular complexity index is 1070. The zero-order valence-corrected chi connectivity index (χ0v) is 13.9. The zero-order chi connectivity index (χ0) is 18.7. The number of halogens is 2. The van der Waals surface area contributed by atoms with Crippen molar-refractivity contribution in [2.24, 2.45) is 0 Å². The smallest absolute Gasteiger partial charge is 0.270 e. The van der Waals surface area contributed by atoms with Crippen molar-refractivity contribution in [2.45, 2.75) is 0 Å². The molecule has 26 heavy (non-hydrogen) atoms. The number of nitro benzene ring substituents is 1. The predicted octanol–water partition coefficient (Wildman–Crippen LogP) is 5.71. The maximum absolute atomic E-state index is 13.9. The van der Waals surface area contributed by atoms with E-state index in [1.165, 1.54) is 42.5 Å². The van der Waals surface area contributed by atoms with Crippen molar-refractivity contribution < 1.29 is 13.7 Å². The number of furan rings is 1. The molecule has 0 saturated carbocycles. The quantitative estimate of drug-likeness (QED) is 0.335. The lowest BCUT2D eigenvalue weighted by Gasteiger charge is -2.01. The molecule has 0 radical (unpaired) electrons. The molecule has 5 nitrogen and oxygen atoms in total. The average molecular weight is 369 g/mol. The summed E-state index contributed by atoms with van der Waals surface area (Å²) in [5.74, 6) is 0.196. The van der Waals surface area contributed by atoms with Gasteiger partial charge in [-0.15, -0.1) is 0 Å². The van der Waals surface area contributed by atoms with E-state index in [4.69, 9.17) is 16.0 Å². The molecule has 0 bridgehead atoms. The first-order valence-electron chi connectivity index (χ1n) is 7.40. The minimum Gasteiger partial charge on any atom is -0.457 e. The zero-order valence-electron chi connectivity index (χ0n) is 13.1. The highest BCUT2D eigenvalue weighted by atomic mass is 35.5. The molecule has 1 aromatic heterocycles. The first-order chi connectivity index (χ1) is 12.5. The summed E-state index contributed by atoms with van der Waals surface area (Å²) in [6.07, 6.45) is 1.42. The van der Waals surface area contributed by atoms with Gasteiger partial charge in [0, 0.05) is 23.3 Å². The maximum atomic E-state index is 13.9. The molecule has 3 rings (SSSR count). The van der Waals surface area contributed by atoms with Crippen molar-refractivity contribution in [1.82, 2.24) is 0 Å². The molecule has 0 N–H and O–H groups in total. The number of allylic oxidation sites excluding steroid dienone is 1. The lowest BCUT2D eigenvalue weighted by Crippen LogP contribution is -1.88. The summed E-state index contributed by atoms with van der Waals surface area (Å²) in [5, 5.41) is 20.2. The first-order valence-corrected chi connectivity index (χ1v) is 7.78. The highest BCUT2D eigenvalue weighted by Gasteiger charge is 2.14. The van der Waals surface area contributed by atoms with Crippen LogP contribution in [0.25, 0.3) is 23.0 Å². The van der Waals surface area contributed by atoms with Crippen LogP contribution in [0.3, 0.4) is 0 Å². The van der Waals surface area contributed by atoms with E-state index in [2.05, 4.69) is 0 Å². The van der Waals surface area contributed by atoms with E-state index in [1.54, 1.807) is 18.2 Å². The van der Waals surface area contributed by atoms with Gasteiger partial charge in [0.05, 0.1) is 21.6 Å². The van der Waals surface area contributed by atoms with Crippen molar-refractivity contribution in [3.63, 3.8) is 0 Å². The van der Waals surface area contributed by atoms with Gasteiger partial charge in [0.15, 0.2) is 0 Å². The Kier molecular flexibility index (Phi) is 4.83. The highest BCUT2D eigenvalue weighted by molar-refractivity contribution is 6.33. The van der Waals surface area contributed by atoms with E-state index in [0.717, 1.165) is 0 Å². The Labute approximate surface area is 152 Å². The van der Waals surface area contributed by atoms with Crippen molar-refractivity contribution in [1.29, 1.82) is 5.26 Å². The molecule has 0 spiro atoms. The van der Waals surface area contributed by atoms with Crippen LogP contribution in [0.15, 0.2) is 59.0 Å². The lowest BCUT2D eigenvalue weighted by atomic mass is 10.1. The minimum absolute atomic E-state index is 0.110. The van der Waals surface area contributed by atoms with Gasteiger partial charge >= 0.3 is 0 Å². The van der Waals surface area contributed by atoms with Gasteiger partial charge in [-0.2, -0.15) is 5.26 Å². The summed E-state index contributed by atoms with van der Waals surface area (Å²) < 4.78 is 19.5. The van der Waals surface area contributed by atoms with E-state index in [1.807, 2.05) is 6.07 Å². The van der Waals surface area contributed by atoms with Gasteiger partial charge in [0.25, 0.3) is 5.69 Å². The SMILES string of the molecule is N#CC(=Cc1ccc(-c2ccc([N+](=O)[O-])cc2Cl)o1)c1ccccc1F. The molecule has 0 fully saturated rings. The van der Waals surface area contributed by atoms with Crippen LogP contribution in [0.4, 0.5) is 10.1 Å². The summed E-state index contributed by atoms with van der Waals surface area (Å²) in [5.41, 5.74) is 0.623. The Morgan fingerprint density at radius 1 is 1.23 bits per heavy atom. The molecule has 3 aromatic rings. The predicted molar refractivity (Wildman–Crippen MR) is 95.7 cm³/mol. The maximum Gasteiger partial charge on any atom is 0.270 e. The van der Waals surface area contributed by atoms with E-state index in [9.17, 15) is 19.8 Å². The summed E-state index contributed by atoms with van der Waals surface area (Å²) in [7, 11) is 0. The molecule has 128 valence electrons. The second-order valence-corrected chi connectivity index (χ2v) is 5.68. The second kappa shape index (κ2) is 7.21. The Morgan fingerprint density at radius 2 is 2.00 bits per heavy atom. The van der Waals surface area contributed by atoms with Crippen molar-refractivity contribution in [2.75, 3.05) is 0 Å². The standard InChI is InChI=1S/C19H10ClFN2O3/c20-17-10-13(23(24)25)5-7-16(17)19-8-6-14(26-19)9-12(11-22)15-3-1-2-4-18(15)21/h1-10H. The number of nitro groups is 1. The summed E-state index contributed by atoms with van der Waals surface area (Å²) >= 11 is 6.09. The van der Waals surface area contributed by atoms with E-state index < -0.39 is 10.7 Å². The number of hydrogen-bond acceptors (Lipinski definition) is 4. The van der Waals surface area contributed by atoms with E-state index in [0.29, 0.717) is 17.1 Å². The van der Waals surface area contributed by atoms with Crippen LogP contribution in [0.5, 0.6) is 0 Å². The van der Waals surface area contributed by atoms with Crippen molar-refractivity contribution in [3.05, 3.63) is 86.9 Å². The van der Waals surface area contributed by atoms with Crippen molar-refractivity contribution >= 4 is 28.9 Å². The van der Waals surface area contributed by atoms with E-state index >= 15 is 0 Å². The van der Waals surface area contributed by atoms with Crippen molar-refractivity contribution in [3.8, 4) is 17.4 Å². The Hall–Kier alpha value is -3.43. The molecule has 0 unspecified atom stereocenters. The first kappa shape index (κ1) is 17.4. The van der Waals surface area contributed by atoms with Gasteiger partial charge in [-0.05, 0) is 30.3 Å². The molecule has 0 amide bonds. The summed E-state index contributed by atoms with van der Waals surface area (Å²) in [4.78, 5) is 10.2. The van der Waals surface area contributed by atoms with Crippen LogP contribution in [0.1, 0.15) is 11.3 Å². The molecule has 0 atom stereocenters. The van der Waals surface area contributed by atoms with Crippen LogP contribution in [-0.4, -0.2) is 4.92 Å². The van der Waals surface area contributed by atoms with E-state index in [-0.39, 0.29) is 21.8 Å². The van der Waals surface area contributed by atoms with Crippen LogP contribution >= 0.6 is 11.6 Å². The average Bonchev–Trinajstić information content (AvgIpc) is 3.08. The van der Waals surface area contributed by atoms with Gasteiger partial charge in [0.2, 0.25) is 0 Å². The molecule has 1 heterocycles. The third-order valence-electron chi connectivity index (χ3n) is 3.63. The number of rotatable bonds is 4. The third kappa shape index (κ3) is 3.48. The van der Waals surface area contributed by atoms with Gasteiger partial charge in [-0.3, -0.25) is 10.1 Å². The molecular formula is C19H10ClFN2O3. The van der Waals surface area contributed by atoms with Gasteiger partial charge in [-0.25, -0.2) is 4.39 Å². The molecular weight excluding hydrogens is 359 g/mol. The third-order valence-corrected chi connectivity index (χ3v) is 3.94. The fourth-order valence-electron chi connectivity index (χ4n) is 2.38. The molecule has 2 aromatic carbocycles. The molecule has 0 aliphatic rings. The monoisotopic (exact) mass is 368 g/mol. The van der Waals surface area contributed by atoms with Crippen LogP contribution < -0.4 is 0 Å². The number of non-ortho nitro benzene ring substituents is 1. The minimum atomic E-state index is -0.542. The summed E-state index contributed by atoms with van der Waals surface area (Å²) in [6, 6.07) is 15.1. The molecule has 7 heteroatoms. The molecule has 0 aliphatic heterocycles. The van der Waals surface area contributed by atoms with Gasteiger partial charge < -0.3 is 4.42 Å². The largest absolute Gasteiger partial charge is 0.457 e. The Balaban J connectivity index is 1.97. The fourth-order valence-corrected chi connectivity index (χ4v) is 2.65. The Morgan fingerprint density at radius 3 is 2.65 bits per heavy atom. The molecule has 0 saturated heterocycles. The fraction of sp³-hybridized carbons (Fsp3) is 0. The number of hydrogen-bond donors (Lipinski definition) is 0. The molecule has 0 aliphatic carbocycles. The van der Waals surface area contributed by atoms with Crippen LogP contribution in [0, 0.1) is 27.3 Å². The van der Waals surface area contributed by atoms with Gasteiger partial charge in [0.1, 0.15) is 17.3 Å². The number of nitrogens with zero attached hydrogens (tertiary/aromatic N) is 2. The van der Waals surface area contributed by atoms with Crippen LogP contribution in [0.2, 0.25) is 5.02 Å². The highest BCUT2D eigenvalue weighted by Crippen LogP contribution is 2.33. The lowest BCUT2D eigenvalue weighted by molar-refractivity contribution is -0.384. The summed E-state index contributed by atoms with van der Waals surface area (Å²) in [6.45, 7) is 0.